The number of aromatic nitrogens is 2. The van der Waals surface area contributed by atoms with Crippen LogP contribution in [0.5, 0.6) is 5.88 Å². The van der Waals surface area contributed by atoms with Crippen molar-refractivity contribution >= 4 is 11.8 Å². The molecule has 1 saturated heterocycles. The summed E-state index contributed by atoms with van der Waals surface area (Å²) < 4.78 is 70.2. The molecule has 2 aromatic rings. The van der Waals surface area contributed by atoms with Crippen molar-refractivity contribution in [2.75, 3.05) is 13.3 Å². The van der Waals surface area contributed by atoms with Crippen LogP contribution in [-0.2, 0) is 21.4 Å². The Morgan fingerprint density at radius 3 is 2.77 bits per heavy atom. The van der Waals surface area contributed by atoms with E-state index in [4.69, 9.17) is 15.2 Å². The van der Waals surface area contributed by atoms with Crippen molar-refractivity contribution in [2.24, 2.45) is 16.6 Å². The molecule has 12 heteroatoms. The minimum atomic E-state index is -3.07. The van der Waals surface area contributed by atoms with E-state index in [2.05, 4.69) is 19.7 Å². The predicted octanol–water partition coefficient (Wildman–Crippen LogP) is 3.34. The van der Waals surface area contributed by atoms with Crippen LogP contribution >= 0.6 is 0 Å². The predicted molar refractivity (Wildman–Crippen MR) is 115 cm³/mol. The highest BCUT2D eigenvalue weighted by atomic mass is 19.3. The van der Waals surface area contributed by atoms with Gasteiger partial charge in [0.1, 0.15) is 29.8 Å². The first-order valence-electron chi connectivity index (χ1n) is 11.1. The molecule has 35 heavy (non-hydrogen) atoms. The number of ketones is 1. The van der Waals surface area contributed by atoms with Crippen LogP contribution in [0.4, 0.5) is 17.6 Å². The highest BCUT2D eigenvalue weighted by molar-refractivity contribution is 5.95. The number of carbonyl (C=O) groups excluding carboxylic acids is 1. The Labute approximate surface area is 198 Å². The van der Waals surface area contributed by atoms with Gasteiger partial charge in [0.15, 0.2) is 5.78 Å². The molecule has 0 unspecified atom stereocenters. The standard InChI is InChI=1S/C23H24F4N4O4/c1-2-17-20-18(5-6-33-17)34-22(28)31-23(20,11-24)13-7-12(3-4-14(13)25)8-16(32)15-9-30-19(10-29-15)35-21(26)27/h3-4,7,9-10,17-18,20-21H,2,5-6,8,11H2,1H3,(H2,28,31)/t17-,18+,20-,23+/m0/s1. The van der Waals surface area contributed by atoms with Gasteiger partial charge in [0.05, 0.1) is 31.0 Å². The van der Waals surface area contributed by atoms with Crippen LogP contribution in [0.1, 0.15) is 41.4 Å². The van der Waals surface area contributed by atoms with Crippen molar-refractivity contribution in [3.8, 4) is 5.88 Å². The summed E-state index contributed by atoms with van der Waals surface area (Å²) in [7, 11) is 0. The van der Waals surface area contributed by atoms with E-state index >= 15 is 4.39 Å². The number of ether oxygens (including phenoxy) is 3. The fraction of sp³-hybridized carbons (Fsp3) is 0.478. The molecule has 0 saturated carbocycles. The molecule has 2 aliphatic heterocycles. The van der Waals surface area contributed by atoms with Crippen LogP contribution in [0.25, 0.3) is 0 Å². The van der Waals surface area contributed by atoms with Crippen LogP contribution < -0.4 is 10.5 Å². The topological polar surface area (TPSA) is 109 Å². The van der Waals surface area contributed by atoms with Crippen LogP contribution in [0, 0.1) is 11.7 Å². The normalized spacial score (nSPS) is 26.0. The van der Waals surface area contributed by atoms with Crippen molar-refractivity contribution in [3.05, 3.63) is 53.2 Å². The van der Waals surface area contributed by atoms with E-state index in [1.54, 1.807) is 0 Å². The average Bonchev–Trinajstić information content (AvgIpc) is 2.84. The van der Waals surface area contributed by atoms with Gasteiger partial charge in [-0.1, -0.05) is 13.0 Å². The molecule has 0 radical (unpaired) electrons. The van der Waals surface area contributed by atoms with Gasteiger partial charge >= 0.3 is 6.61 Å². The van der Waals surface area contributed by atoms with Gasteiger partial charge < -0.3 is 19.9 Å². The fourth-order valence-electron chi connectivity index (χ4n) is 4.76. The van der Waals surface area contributed by atoms with Crippen LogP contribution in [0.3, 0.4) is 0 Å². The Hall–Kier alpha value is -3.28. The van der Waals surface area contributed by atoms with E-state index in [0.29, 0.717) is 25.0 Å². The molecular weight excluding hydrogens is 472 g/mol. The number of Topliss-reactive ketones (excluding diaryl/α,β-unsaturated/α-hetero) is 1. The largest absolute Gasteiger partial charge is 0.462 e. The first-order valence-corrected chi connectivity index (χ1v) is 11.1. The van der Waals surface area contributed by atoms with Crippen LogP contribution in [-0.4, -0.2) is 53.9 Å². The number of fused-ring (bicyclic) bond motifs is 1. The number of nitrogens with zero attached hydrogens (tertiary/aromatic N) is 3. The number of hydrogen-bond donors (Lipinski definition) is 1. The highest BCUT2D eigenvalue weighted by Gasteiger charge is 2.55. The molecule has 188 valence electrons. The third-order valence-electron chi connectivity index (χ3n) is 6.26. The molecule has 4 rings (SSSR count). The van der Waals surface area contributed by atoms with E-state index in [9.17, 15) is 18.0 Å². The Kier molecular flexibility index (Phi) is 7.20. The SMILES string of the molecule is CC[C@@H]1OCC[C@H]2OC(N)=N[C@](CF)(c3cc(CC(=O)c4cnc(OC(F)F)cn4)ccc3F)[C@@H]12. The smallest absolute Gasteiger partial charge is 0.388 e. The number of benzene rings is 1. The molecular formula is C23H24F4N4O4. The Morgan fingerprint density at radius 1 is 1.31 bits per heavy atom. The molecule has 2 aliphatic rings. The third-order valence-corrected chi connectivity index (χ3v) is 6.26. The minimum Gasteiger partial charge on any atom is -0.462 e. The lowest BCUT2D eigenvalue weighted by Gasteiger charge is -2.49. The number of hydrogen-bond acceptors (Lipinski definition) is 8. The molecule has 1 aromatic heterocycles. The van der Waals surface area contributed by atoms with E-state index < -0.39 is 54.4 Å². The number of aliphatic imine (C=N–C) groups is 1. The summed E-state index contributed by atoms with van der Waals surface area (Å²) in [5.74, 6) is -2.28. The maximum Gasteiger partial charge on any atom is 0.388 e. The van der Waals surface area contributed by atoms with Gasteiger partial charge in [-0.05, 0) is 24.1 Å². The maximum atomic E-state index is 15.2. The van der Waals surface area contributed by atoms with Gasteiger partial charge in [0.2, 0.25) is 5.88 Å². The third kappa shape index (κ3) is 4.93. The number of nitrogens with two attached hydrogens (primary N) is 1. The van der Waals surface area contributed by atoms with Crippen molar-refractivity contribution in [3.63, 3.8) is 0 Å². The van der Waals surface area contributed by atoms with Gasteiger partial charge in [-0.25, -0.2) is 23.7 Å². The summed E-state index contributed by atoms with van der Waals surface area (Å²) in [5.41, 5.74) is 4.40. The Morgan fingerprint density at radius 2 is 2.11 bits per heavy atom. The van der Waals surface area contributed by atoms with Gasteiger partial charge in [0.25, 0.3) is 6.02 Å². The monoisotopic (exact) mass is 496 g/mol. The molecule has 0 spiro atoms. The molecule has 8 nitrogen and oxygen atoms in total. The summed E-state index contributed by atoms with van der Waals surface area (Å²) in [5, 5.41) is 0. The summed E-state index contributed by atoms with van der Waals surface area (Å²) in [6.45, 7) is -1.85. The van der Waals surface area contributed by atoms with Gasteiger partial charge in [0, 0.05) is 18.4 Å². The van der Waals surface area contributed by atoms with Crippen molar-refractivity contribution < 1.29 is 36.6 Å². The van der Waals surface area contributed by atoms with E-state index in [-0.39, 0.29) is 23.7 Å². The first-order chi connectivity index (χ1) is 16.8. The highest BCUT2D eigenvalue weighted by Crippen LogP contribution is 2.47. The summed E-state index contributed by atoms with van der Waals surface area (Å²) in [6, 6.07) is 3.68. The second-order valence-electron chi connectivity index (χ2n) is 8.33. The lowest BCUT2D eigenvalue weighted by molar-refractivity contribution is -0.129. The number of amidine groups is 1. The average molecular weight is 496 g/mol. The lowest BCUT2D eigenvalue weighted by Crippen LogP contribution is -2.58. The molecule has 1 aromatic carbocycles. The number of halogens is 4. The van der Waals surface area contributed by atoms with Crippen molar-refractivity contribution in [2.45, 2.75) is 50.5 Å². The maximum absolute atomic E-state index is 15.2. The molecule has 3 heterocycles. The summed E-state index contributed by atoms with van der Waals surface area (Å²) in [6.07, 6.45) is 1.73. The van der Waals surface area contributed by atoms with Crippen LogP contribution in [0.2, 0.25) is 0 Å². The molecule has 1 fully saturated rings. The molecule has 4 atom stereocenters. The fourth-order valence-corrected chi connectivity index (χ4v) is 4.76. The lowest BCUT2D eigenvalue weighted by atomic mass is 9.70. The minimum absolute atomic E-state index is 0.0535. The number of carbonyl (C=O) groups is 1. The van der Waals surface area contributed by atoms with Gasteiger partial charge in [-0.15, -0.1) is 0 Å². The molecule has 0 amide bonds. The zero-order chi connectivity index (χ0) is 25.2. The van der Waals surface area contributed by atoms with Crippen LogP contribution in [0.15, 0.2) is 35.6 Å². The zero-order valence-electron chi connectivity index (χ0n) is 18.8. The van der Waals surface area contributed by atoms with Crippen molar-refractivity contribution in [1.82, 2.24) is 9.97 Å². The van der Waals surface area contributed by atoms with E-state index in [1.807, 2.05) is 6.92 Å². The Balaban J connectivity index is 1.66. The second kappa shape index (κ2) is 10.1. The number of rotatable bonds is 8. The summed E-state index contributed by atoms with van der Waals surface area (Å²) >= 11 is 0. The quantitative estimate of drug-likeness (QED) is 0.441. The first kappa shape index (κ1) is 24.8. The Bertz CT molecular complexity index is 1100. The van der Waals surface area contributed by atoms with E-state index in [1.165, 1.54) is 12.1 Å². The van der Waals surface area contributed by atoms with Gasteiger partial charge in [-0.2, -0.15) is 8.78 Å². The van der Waals surface area contributed by atoms with Gasteiger partial charge in [-0.3, -0.25) is 4.79 Å². The zero-order valence-corrected chi connectivity index (χ0v) is 18.8. The second-order valence-corrected chi connectivity index (χ2v) is 8.33. The number of alkyl halides is 3. The van der Waals surface area contributed by atoms with Crippen molar-refractivity contribution in [1.29, 1.82) is 0 Å². The van der Waals surface area contributed by atoms with E-state index in [0.717, 1.165) is 18.5 Å². The molecule has 0 bridgehead atoms. The summed E-state index contributed by atoms with van der Waals surface area (Å²) in [4.78, 5) is 24.4. The molecule has 2 N–H and O–H groups in total. The molecule has 0 aliphatic carbocycles.